The minimum absolute atomic E-state index is 0.0150. The van der Waals surface area contributed by atoms with E-state index in [-0.39, 0.29) is 24.5 Å². The molecule has 1 aromatic rings. The van der Waals surface area contributed by atoms with Crippen molar-refractivity contribution < 1.29 is 9.59 Å². The quantitative estimate of drug-likeness (QED) is 0.618. The van der Waals surface area contributed by atoms with E-state index in [4.69, 9.17) is 0 Å². The minimum atomic E-state index is -0.118. The second-order valence-corrected chi connectivity index (χ2v) is 4.33. The Morgan fingerprint density at radius 3 is 2.61 bits per heavy atom. The first-order valence-electron chi connectivity index (χ1n) is 6.02. The lowest BCUT2D eigenvalue weighted by atomic mass is 9.99. The summed E-state index contributed by atoms with van der Waals surface area (Å²) >= 11 is 0. The second kappa shape index (κ2) is 6.74. The van der Waals surface area contributed by atoms with Gasteiger partial charge in [0.15, 0.2) is 5.78 Å². The number of ketones is 1. The van der Waals surface area contributed by atoms with Crippen molar-refractivity contribution in [2.45, 2.75) is 26.7 Å². The minimum Gasteiger partial charge on any atom is -0.353 e. The molecule has 1 N–H and O–H groups in total. The molecule has 18 heavy (non-hydrogen) atoms. The number of carbonyl (C=O) groups is 2. The monoisotopic (exact) mass is 245 g/mol. The zero-order valence-corrected chi connectivity index (χ0v) is 11.0. The average molecular weight is 245 g/mol. The predicted molar refractivity (Wildman–Crippen MR) is 72.7 cm³/mol. The lowest BCUT2D eigenvalue weighted by Crippen LogP contribution is -2.23. The molecule has 0 aromatic heterocycles. The molecule has 3 nitrogen and oxygen atoms in total. The summed E-state index contributed by atoms with van der Waals surface area (Å²) in [7, 11) is 0. The van der Waals surface area contributed by atoms with Gasteiger partial charge < -0.3 is 5.32 Å². The summed E-state index contributed by atoms with van der Waals surface area (Å²) in [6, 6.07) is 5.72. The predicted octanol–water partition coefficient (Wildman–Crippen LogP) is 2.57. The van der Waals surface area contributed by atoms with E-state index in [2.05, 4.69) is 11.9 Å². The third-order valence-corrected chi connectivity index (χ3v) is 2.71. The molecule has 0 bridgehead atoms. The largest absolute Gasteiger partial charge is 0.353 e. The SMILES string of the molecule is C=CCNC(=O)CCC(=O)c1ccc(C)cc1C. The molecule has 1 aromatic carbocycles. The molecule has 0 aliphatic carbocycles. The van der Waals surface area contributed by atoms with Crippen LogP contribution in [-0.2, 0) is 4.79 Å². The van der Waals surface area contributed by atoms with E-state index >= 15 is 0 Å². The molecule has 1 rings (SSSR count). The van der Waals surface area contributed by atoms with Gasteiger partial charge in [-0.25, -0.2) is 0 Å². The standard InChI is InChI=1S/C15H19NO2/c1-4-9-16-15(18)8-7-14(17)13-6-5-11(2)10-12(13)3/h4-6,10H,1,7-9H2,2-3H3,(H,16,18). The summed E-state index contributed by atoms with van der Waals surface area (Å²) in [6.07, 6.45) is 2.08. The first-order chi connectivity index (χ1) is 8.54. The van der Waals surface area contributed by atoms with Crippen molar-refractivity contribution in [1.29, 1.82) is 0 Å². The van der Waals surface area contributed by atoms with E-state index in [0.29, 0.717) is 12.1 Å². The van der Waals surface area contributed by atoms with Gasteiger partial charge in [0, 0.05) is 24.9 Å². The van der Waals surface area contributed by atoms with Crippen LogP contribution in [0, 0.1) is 13.8 Å². The van der Waals surface area contributed by atoms with Crippen molar-refractivity contribution in [3.05, 3.63) is 47.5 Å². The smallest absolute Gasteiger partial charge is 0.220 e. The number of aryl methyl sites for hydroxylation is 2. The Labute approximate surface area is 108 Å². The Balaban J connectivity index is 2.55. The molecule has 0 spiro atoms. The second-order valence-electron chi connectivity index (χ2n) is 4.33. The Kier molecular flexibility index (Phi) is 5.31. The summed E-state index contributed by atoms with van der Waals surface area (Å²) in [5, 5.41) is 2.65. The van der Waals surface area contributed by atoms with Gasteiger partial charge in [-0.1, -0.05) is 29.8 Å². The van der Waals surface area contributed by atoms with Crippen LogP contribution in [0.2, 0.25) is 0 Å². The first kappa shape index (κ1) is 14.2. The number of amides is 1. The summed E-state index contributed by atoms with van der Waals surface area (Å²) < 4.78 is 0. The van der Waals surface area contributed by atoms with E-state index in [1.165, 1.54) is 0 Å². The van der Waals surface area contributed by atoms with Crippen LogP contribution >= 0.6 is 0 Å². The molecule has 0 unspecified atom stereocenters. The van der Waals surface area contributed by atoms with Crippen LogP contribution in [0.1, 0.15) is 34.3 Å². The molecule has 0 atom stereocenters. The summed E-state index contributed by atoms with van der Waals surface area (Å²) in [5.41, 5.74) is 2.80. The van der Waals surface area contributed by atoms with Crippen LogP contribution in [0.25, 0.3) is 0 Å². The zero-order chi connectivity index (χ0) is 13.5. The van der Waals surface area contributed by atoms with Gasteiger partial charge in [0.2, 0.25) is 5.91 Å². The Hall–Kier alpha value is -1.90. The molecular formula is C15H19NO2. The highest BCUT2D eigenvalue weighted by atomic mass is 16.2. The van der Waals surface area contributed by atoms with Crippen molar-refractivity contribution in [1.82, 2.24) is 5.32 Å². The number of nitrogens with one attached hydrogen (secondary N) is 1. The van der Waals surface area contributed by atoms with Gasteiger partial charge in [-0.05, 0) is 19.4 Å². The number of hydrogen-bond acceptors (Lipinski definition) is 2. The van der Waals surface area contributed by atoms with Gasteiger partial charge in [-0.2, -0.15) is 0 Å². The maximum absolute atomic E-state index is 12.0. The van der Waals surface area contributed by atoms with Gasteiger partial charge in [0.1, 0.15) is 0 Å². The molecule has 0 saturated carbocycles. The molecule has 0 aliphatic rings. The number of hydrogen-bond donors (Lipinski definition) is 1. The fraction of sp³-hybridized carbons (Fsp3) is 0.333. The van der Waals surface area contributed by atoms with E-state index in [0.717, 1.165) is 11.1 Å². The van der Waals surface area contributed by atoms with Crippen molar-refractivity contribution in [3.8, 4) is 0 Å². The van der Waals surface area contributed by atoms with E-state index in [9.17, 15) is 9.59 Å². The third-order valence-electron chi connectivity index (χ3n) is 2.71. The molecule has 0 saturated heterocycles. The van der Waals surface area contributed by atoms with Crippen LogP contribution in [0.4, 0.5) is 0 Å². The number of Topliss-reactive ketones (excluding diaryl/α,β-unsaturated/α-hetero) is 1. The van der Waals surface area contributed by atoms with Gasteiger partial charge in [-0.15, -0.1) is 6.58 Å². The molecule has 0 aliphatic heterocycles. The topological polar surface area (TPSA) is 46.2 Å². The van der Waals surface area contributed by atoms with Crippen molar-refractivity contribution >= 4 is 11.7 Å². The molecule has 96 valence electrons. The maximum atomic E-state index is 12.0. The van der Waals surface area contributed by atoms with Crippen LogP contribution < -0.4 is 5.32 Å². The summed E-state index contributed by atoms with van der Waals surface area (Å²) in [6.45, 7) is 7.86. The molecule has 1 amide bonds. The Bertz CT molecular complexity index is 464. The van der Waals surface area contributed by atoms with Crippen molar-refractivity contribution in [2.24, 2.45) is 0 Å². The van der Waals surface area contributed by atoms with E-state index in [1.54, 1.807) is 6.08 Å². The van der Waals surface area contributed by atoms with Crippen molar-refractivity contribution in [2.75, 3.05) is 6.54 Å². The van der Waals surface area contributed by atoms with Gasteiger partial charge >= 0.3 is 0 Å². The molecule has 0 heterocycles. The normalized spacial score (nSPS) is 9.89. The zero-order valence-electron chi connectivity index (χ0n) is 11.0. The molecular weight excluding hydrogens is 226 g/mol. The van der Waals surface area contributed by atoms with Crippen LogP contribution in [0.15, 0.2) is 30.9 Å². The van der Waals surface area contributed by atoms with Crippen LogP contribution in [-0.4, -0.2) is 18.2 Å². The Morgan fingerprint density at radius 2 is 2.00 bits per heavy atom. The Morgan fingerprint density at radius 1 is 1.28 bits per heavy atom. The fourth-order valence-electron chi connectivity index (χ4n) is 1.76. The van der Waals surface area contributed by atoms with Gasteiger partial charge in [-0.3, -0.25) is 9.59 Å². The first-order valence-corrected chi connectivity index (χ1v) is 6.02. The summed E-state index contributed by atoms with van der Waals surface area (Å²) in [5.74, 6) is -0.103. The van der Waals surface area contributed by atoms with E-state index in [1.807, 2.05) is 32.0 Å². The molecule has 0 fully saturated rings. The fourth-order valence-corrected chi connectivity index (χ4v) is 1.76. The number of carbonyl (C=O) groups excluding carboxylic acids is 2. The third kappa shape index (κ3) is 4.17. The highest BCUT2D eigenvalue weighted by Gasteiger charge is 2.11. The number of benzene rings is 1. The van der Waals surface area contributed by atoms with E-state index < -0.39 is 0 Å². The van der Waals surface area contributed by atoms with Crippen molar-refractivity contribution in [3.63, 3.8) is 0 Å². The lowest BCUT2D eigenvalue weighted by Gasteiger charge is -2.06. The van der Waals surface area contributed by atoms with Crippen LogP contribution in [0.3, 0.4) is 0 Å². The number of rotatable bonds is 6. The van der Waals surface area contributed by atoms with Gasteiger partial charge in [0.25, 0.3) is 0 Å². The highest BCUT2D eigenvalue weighted by Crippen LogP contribution is 2.13. The molecule has 3 heteroatoms. The average Bonchev–Trinajstić information content (AvgIpc) is 2.33. The summed E-state index contributed by atoms with van der Waals surface area (Å²) in [4.78, 5) is 23.3. The highest BCUT2D eigenvalue weighted by molar-refractivity contribution is 5.99. The molecule has 0 radical (unpaired) electrons. The lowest BCUT2D eigenvalue weighted by molar-refractivity contribution is -0.120. The maximum Gasteiger partial charge on any atom is 0.220 e. The van der Waals surface area contributed by atoms with Gasteiger partial charge in [0.05, 0.1) is 0 Å². The van der Waals surface area contributed by atoms with Crippen LogP contribution in [0.5, 0.6) is 0 Å².